The number of aliphatic carboxylic acids is 1. The fourth-order valence-electron chi connectivity index (χ4n) is 5.17. The second-order valence-electron chi connectivity index (χ2n) is 11.1. The number of aryl methyl sites for hydroxylation is 4. The van der Waals surface area contributed by atoms with Gasteiger partial charge in [0.2, 0.25) is 0 Å². The molecule has 2 heterocycles. The smallest absolute Gasteiger partial charge is 0.311 e. The highest BCUT2D eigenvalue weighted by Crippen LogP contribution is 2.36. The lowest BCUT2D eigenvalue weighted by Crippen LogP contribution is -2.47. The minimum absolute atomic E-state index is 0.316. The number of benzene rings is 2. The number of nitrogens with zero attached hydrogens (tertiary/aromatic N) is 3. The van der Waals surface area contributed by atoms with Crippen LogP contribution >= 0.6 is 0 Å². The Kier molecular flexibility index (Phi) is 7.58. The summed E-state index contributed by atoms with van der Waals surface area (Å²) < 4.78 is 6.40. The SMILES string of the molecule is Cc1ccc(C(C)C)cc1OCc1c(C)nc(-c2c(C)cccc2C)nc1N1CCC[C@@](C)(C(=O)O)C1. The lowest BCUT2D eigenvalue weighted by molar-refractivity contribution is -0.148. The first-order valence-corrected chi connectivity index (χ1v) is 13.2. The van der Waals surface area contributed by atoms with Crippen LogP contribution in [0.25, 0.3) is 11.4 Å². The van der Waals surface area contributed by atoms with E-state index in [9.17, 15) is 9.90 Å². The van der Waals surface area contributed by atoms with Crippen molar-refractivity contribution in [1.29, 1.82) is 0 Å². The van der Waals surface area contributed by atoms with Gasteiger partial charge in [-0.15, -0.1) is 0 Å². The second-order valence-corrected chi connectivity index (χ2v) is 11.1. The Labute approximate surface area is 220 Å². The zero-order valence-electron chi connectivity index (χ0n) is 23.2. The van der Waals surface area contributed by atoms with Gasteiger partial charge in [-0.1, -0.05) is 44.2 Å². The van der Waals surface area contributed by atoms with Crippen molar-refractivity contribution < 1.29 is 14.6 Å². The average molecular weight is 502 g/mol. The number of carboxylic acids is 1. The largest absolute Gasteiger partial charge is 0.488 e. The minimum Gasteiger partial charge on any atom is -0.488 e. The maximum Gasteiger partial charge on any atom is 0.311 e. The topological polar surface area (TPSA) is 75.6 Å². The fourth-order valence-corrected chi connectivity index (χ4v) is 5.17. The number of hydrogen-bond acceptors (Lipinski definition) is 5. The number of anilines is 1. The number of aromatic nitrogens is 2. The molecular formula is C31H39N3O3. The summed E-state index contributed by atoms with van der Waals surface area (Å²) in [6.45, 7) is 15.8. The third kappa shape index (κ3) is 5.48. The van der Waals surface area contributed by atoms with Gasteiger partial charge in [0.1, 0.15) is 18.2 Å². The predicted octanol–water partition coefficient (Wildman–Crippen LogP) is 6.77. The summed E-state index contributed by atoms with van der Waals surface area (Å²) in [6.07, 6.45) is 1.44. The van der Waals surface area contributed by atoms with Crippen LogP contribution in [0.2, 0.25) is 0 Å². The zero-order valence-corrected chi connectivity index (χ0v) is 23.2. The van der Waals surface area contributed by atoms with Gasteiger partial charge in [0.25, 0.3) is 0 Å². The molecule has 0 amide bonds. The molecule has 0 spiro atoms. The van der Waals surface area contributed by atoms with Gasteiger partial charge in [-0.25, -0.2) is 9.97 Å². The number of ether oxygens (including phenoxy) is 1. The summed E-state index contributed by atoms with van der Waals surface area (Å²) in [6, 6.07) is 12.5. The molecule has 1 aromatic heterocycles. The van der Waals surface area contributed by atoms with Gasteiger partial charge in [-0.3, -0.25) is 4.79 Å². The lowest BCUT2D eigenvalue weighted by atomic mass is 9.82. The predicted molar refractivity (Wildman–Crippen MR) is 148 cm³/mol. The van der Waals surface area contributed by atoms with Gasteiger partial charge in [-0.05, 0) is 81.7 Å². The molecule has 0 unspecified atom stereocenters. The maximum absolute atomic E-state index is 12.1. The Hall–Kier alpha value is -3.41. The average Bonchev–Trinajstić information content (AvgIpc) is 2.83. The molecule has 0 radical (unpaired) electrons. The van der Waals surface area contributed by atoms with Crippen molar-refractivity contribution in [2.45, 2.75) is 73.8 Å². The Bertz CT molecular complexity index is 1300. The van der Waals surface area contributed by atoms with Crippen molar-refractivity contribution in [1.82, 2.24) is 9.97 Å². The number of rotatable bonds is 7. The molecule has 1 atom stereocenters. The summed E-state index contributed by atoms with van der Waals surface area (Å²) in [5, 5.41) is 9.96. The van der Waals surface area contributed by atoms with E-state index in [1.54, 1.807) is 0 Å². The molecule has 1 aliphatic heterocycles. The van der Waals surface area contributed by atoms with Gasteiger partial charge >= 0.3 is 5.97 Å². The molecule has 1 N–H and O–H groups in total. The first-order valence-electron chi connectivity index (χ1n) is 13.2. The highest BCUT2D eigenvalue weighted by Gasteiger charge is 2.39. The highest BCUT2D eigenvalue weighted by molar-refractivity contribution is 5.76. The van der Waals surface area contributed by atoms with Gasteiger partial charge in [-0.2, -0.15) is 0 Å². The minimum atomic E-state index is -0.823. The van der Waals surface area contributed by atoms with Gasteiger partial charge in [0, 0.05) is 18.7 Å². The first-order chi connectivity index (χ1) is 17.5. The van der Waals surface area contributed by atoms with Crippen molar-refractivity contribution in [3.05, 3.63) is 69.9 Å². The molecule has 2 aromatic carbocycles. The van der Waals surface area contributed by atoms with Gasteiger partial charge in [0.15, 0.2) is 5.82 Å². The number of carboxylic acid groups (broad SMARTS) is 1. The lowest BCUT2D eigenvalue weighted by Gasteiger charge is -2.39. The third-order valence-corrected chi connectivity index (χ3v) is 7.66. The summed E-state index contributed by atoms with van der Waals surface area (Å²) in [7, 11) is 0. The molecule has 1 saturated heterocycles. The van der Waals surface area contributed by atoms with E-state index in [1.165, 1.54) is 5.56 Å². The summed E-state index contributed by atoms with van der Waals surface area (Å²) in [5.74, 6) is 1.94. The molecule has 37 heavy (non-hydrogen) atoms. The van der Waals surface area contributed by atoms with Crippen LogP contribution in [0.5, 0.6) is 5.75 Å². The number of hydrogen-bond donors (Lipinski definition) is 1. The molecule has 4 rings (SSSR count). The summed E-state index contributed by atoms with van der Waals surface area (Å²) in [4.78, 5) is 24.3. The molecule has 0 aliphatic carbocycles. The van der Waals surface area contributed by atoms with Crippen molar-refractivity contribution in [3.63, 3.8) is 0 Å². The molecule has 1 aliphatic rings. The molecule has 0 saturated carbocycles. The summed E-state index contributed by atoms with van der Waals surface area (Å²) in [5.41, 5.74) is 6.49. The molecule has 3 aromatic rings. The van der Waals surface area contributed by atoms with E-state index in [2.05, 4.69) is 69.9 Å². The maximum atomic E-state index is 12.1. The van der Waals surface area contributed by atoms with Crippen molar-refractivity contribution in [2.24, 2.45) is 5.41 Å². The summed E-state index contributed by atoms with van der Waals surface area (Å²) >= 11 is 0. The van der Waals surface area contributed by atoms with Crippen molar-refractivity contribution >= 4 is 11.8 Å². The van der Waals surface area contributed by atoms with E-state index < -0.39 is 11.4 Å². The highest BCUT2D eigenvalue weighted by atomic mass is 16.5. The molecule has 6 heteroatoms. The Morgan fingerprint density at radius 1 is 1.08 bits per heavy atom. The van der Waals surface area contributed by atoms with Crippen LogP contribution in [0.3, 0.4) is 0 Å². The molecule has 196 valence electrons. The number of carbonyl (C=O) groups is 1. The van der Waals surface area contributed by atoms with Crippen LogP contribution in [-0.4, -0.2) is 34.1 Å². The zero-order chi connectivity index (χ0) is 26.9. The molecule has 0 bridgehead atoms. The van der Waals surface area contributed by atoms with E-state index >= 15 is 0 Å². The van der Waals surface area contributed by atoms with E-state index in [0.29, 0.717) is 31.3 Å². The van der Waals surface area contributed by atoms with Crippen molar-refractivity contribution in [2.75, 3.05) is 18.0 Å². The van der Waals surface area contributed by atoms with Gasteiger partial charge < -0.3 is 14.7 Å². The van der Waals surface area contributed by atoms with Gasteiger partial charge in [0.05, 0.1) is 16.7 Å². The van der Waals surface area contributed by atoms with E-state index in [4.69, 9.17) is 14.7 Å². The Morgan fingerprint density at radius 2 is 1.78 bits per heavy atom. The molecule has 1 fully saturated rings. The van der Waals surface area contributed by atoms with Crippen LogP contribution in [0, 0.1) is 33.1 Å². The Morgan fingerprint density at radius 3 is 2.43 bits per heavy atom. The van der Waals surface area contributed by atoms with E-state index in [1.807, 2.05) is 19.9 Å². The third-order valence-electron chi connectivity index (χ3n) is 7.66. The van der Waals surface area contributed by atoms with Crippen LogP contribution in [0.15, 0.2) is 36.4 Å². The van der Waals surface area contributed by atoms with Crippen LogP contribution < -0.4 is 9.64 Å². The van der Waals surface area contributed by atoms with Crippen LogP contribution in [0.1, 0.15) is 73.0 Å². The van der Waals surface area contributed by atoms with Crippen LogP contribution in [-0.2, 0) is 11.4 Å². The Balaban J connectivity index is 1.79. The second kappa shape index (κ2) is 10.5. The number of piperidine rings is 1. The molecular weight excluding hydrogens is 462 g/mol. The van der Waals surface area contributed by atoms with E-state index in [-0.39, 0.29) is 0 Å². The first kappa shape index (κ1) is 26.6. The molecule has 6 nitrogen and oxygen atoms in total. The van der Waals surface area contributed by atoms with Crippen molar-refractivity contribution in [3.8, 4) is 17.1 Å². The standard InChI is InChI=1S/C31H39N3O3/c1-19(2)24-13-12-20(3)26(16-24)37-17-25-23(6)32-28(27-21(4)10-8-11-22(27)5)33-29(25)34-15-9-14-31(7,18-34)30(35)36/h8,10-13,16,19H,9,14-15,17-18H2,1-7H3,(H,35,36)/t31-/m1/s1. The van der Waals surface area contributed by atoms with Crippen LogP contribution in [0.4, 0.5) is 5.82 Å². The normalized spacial score (nSPS) is 17.8. The van der Waals surface area contributed by atoms with E-state index in [0.717, 1.165) is 58.0 Å². The monoisotopic (exact) mass is 501 g/mol. The quantitative estimate of drug-likeness (QED) is 0.385. The fraction of sp³-hybridized carbons (Fsp3) is 0.452.